The van der Waals surface area contributed by atoms with Crippen LogP contribution in [0.3, 0.4) is 0 Å². The molecule has 1 saturated heterocycles. The van der Waals surface area contributed by atoms with Crippen LogP contribution in [0.4, 0.5) is 0 Å². The average Bonchev–Trinajstić information content (AvgIpc) is 1.94. The Morgan fingerprint density at radius 2 is 2.33 bits per heavy atom. The van der Waals surface area contributed by atoms with Gasteiger partial charge in [0.1, 0.15) is 0 Å². The Balaban J connectivity index is 2.39. The second-order valence-corrected chi connectivity index (χ2v) is 3.43. The molecule has 1 rings (SSSR count). The molecule has 70 valence electrons. The molecule has 1 aliphatic heterocycles. The summed E-state index contributed by atoms with van der Waals surface area (Å²) in [6.07, 6.45) is 0.407. The van der Waals surface area contributed by atoms with Crippen LogP contribution >= 0.6 is 0 Å². The van der Waals surface area contributed by atoms with Gasteiger partial charge in [-0.25, -0.2) is 0 Å². The quantitative estimate of drug-likeness (QED) is 0.544. The maximum Gasteiger partial charge on any atom is 0.217 e. The monoisotopic (exact) mass is 172 g/mol. The molecule has 0 saturated carbocycles. The van der Waals surface area contributed by atoms with E-state index in [1.54, 1.807) is 0 Å². The highest BCUT2D eigenvalue weighted by Gasteiger charge is 2.25. The molecule has 1 amide bonds. The van der Waals surface area contributed by atoms with Gasteiger partial charge in [-0.2, -0.15) is 0 Å². The van der Waals surface area contributed by atoms with Gasteiger partial charge in [0, 0.05) is 13.5 Å². The van der Waals surface area contributed by atoms with E-state index in [0.29, 0.717) is 6.54 Å². The number of piperidine rings is 1. The van der Waals surface area contributed by atoms with E-state index in [2.05, 4.69) is 10.2 Å². The van der Waals surface area contributed by atoms with Crippen LogP contribution in [0.5, 0.6) is 0 Å². The number of β-amino-alcohol motifs (C(OH)–C–C–N with tert-alkyl or cyclic N) is 1. The number of aliphatic hydroxyl groups is 1. The SMILES string of the molecule is CC(=O)NC1CCN(C)CC1O. The van der Waals surface area contributed by atoms with Gasteiger partial charge in [0.2, 0.25) is 5.91 Å². The molecule has 1 fully saturated rings. The number of nitrogens with one attached hydrogen (secondary N) is 1. The van der Waals surface area contributed by atoms with Crippen LogP contribution in [0.2, 0.25) is 0 Å². The first-order valence-electron chi connectivity index (χ1n) is 4.23. The lowest BCUT2D eigenvalue weighted by Crippen LogP contribution is -2.52. The summed E-state index contributed by atoms with van der Waals surface area (Å²) in [5, 5.41) is 12.3. The van der Waals surface area contributed by atoms with Gasteiger partial charge in [0.15, 0.2) is 0 Å². The van der Waals surface area contributed by atoms with E-state index < -0.39 is 6.10 Å². The van der Waals surface area contributed by atoms with Gasteiger partial charge < -0.3 is 15.3 Å². The molecule has 0 radical (unpaired) electrons. The standard InChI is InChI=1S/C8H16N2O2/c1-6(11)9-7-3-4-10(2)5-8(7)12/h7-8,12H,3-5H2,1-2H3,(H,9,11). The summed E-state index contributed by atoms with van der Waals surface area (Å²) in [5.74, 6) is -0.0661. The smallest absolute Gasteiger partial charge is 0.217 e. The molecular weight excluding hydrogens is 156 g/mol. The lowest BCUT2D eigenvalue weighted by Gasteiger charge is -2.33. The van der Waals surface area contributed by atoms with Crippen molar-refractivity contribution < 1.29 is 9.90 Å². The number of hydrogen-bond acceptors (Lipinski definition) is 3. The minimum absolute atomic E-state index is 0.0568. The summed E-state index contributed by atoms with van der Waals surface area (Å²) in [4.78, 5) is 12.8. The Kier molecular flexibility index (Phi) is 3.05. The van der Waals surface area contributed by atoms with Crippen molar-refractivity contribution in [3.05, 3.63) is 0 Å². The molecule has 2 unspecified atom stereocenters. The molecular formula is C8H16N2O2. The predicted octanol–water partition coefficient (Wildman–Crippen LogP) is -0.812. The van der Waals surface area contributed by atoms with E-state index >= 15 is 0 Å². The first-order valence-corrected chi connectivity index (χ1v) is 4.23. The number of rotatable bonds is 1. The maximum absolute atomic E-state index is 10.7. The molecule has 1 heterocycles. The molecule has 0 bridgehead atoms. The number of carbonyl (C=O) groups excluding carboxylic acids is 1. The summed E-state index contributed by atoms with van der Waals surface area (Å²) in [6.45, 7) is 3.05. The third-order valence-corrected chi connectivity index (χ3v) is 2.17. The summed E-state index contributed by atoms with van der Waals surface area (Å²) >= 11 is 0. The third kappa shape index (κ3) is 2.46. The molecule has 2 atom stereocenters. The Bertz CT molecular complexity index is 172. The van der Waals surface area contributed by atoms with E-state index in [1.807, 2.05) is 7.05 Å². The van der Waals surface area contributed by atoms with Crippen LogP contribution in [0.25, 0.3) is 0 Å². The topological polar surface area (TPSA) is 52.6 Å². The average molecular weight is 172 g/mol. The fraction of sp³-hybridized carbons (Fsp3) is 0.875. The summed E-state index contributed by atoms with van der Waals surface area (Å²) < 4.78 is 0. The highest BCUT2D eigenvalue weighted by Crippen LogP contribution is 2.08. The summed E-state index contributed by atoms with van der Waals surface area (Å²) in [6, 6.07) is -0.0568. The van der Waals surface area contributed by atoms with Crippen molar-refractivity contribution in [2.75, 3.05) is 20.1 Å². The number of nitrogens with zero attached hydrogens (tertiary/aromatic N) is 1. The normalized spacial score (nSPS) is 31.6. The number of amides is 1. The first-order chi connectivity index (χ1) is 5.59. The second-order valence-electron chi connectivity index (χ2n) is 3.43. The fourth-order valence-electron chi connectivity index (χ4n) is 1.52. The lowest BCUT2D eigenvalue weighted by atomic mass is 10.0. The van der Waals surface area contributed by atoms with Crippen LogP contribution in [-0.4, -0.2) is 48.2 Å². The van der Waals surface area contributed by atoms with Crippen molar-refractivity contribution in [2.45, 2.75) is 25.5 Å². The zero-order valence-electron chi connectivity index (χ0n) is 7.58. The summed E-state index contributed by atoms with van der Waals surface area (Å²) in [7, 11) is 1.97. The van der Waals surface area contributed by atoms with Crippen LogP contribution in [0.15, 0.2) is 0 Å². The second kappa shape index (κ2) is 3.87. The van der Waals surface area contributed by atoms with Crippen LogP contribution < -0.4 is 5.32 Å². The van der Waals surface area contributed by atoms with Gasteiger partial charge in [-0.1, -0.05) is 0 Å². The number of carbonyl (C=O) groups is 1. The highest BCUT2D eigenvalue weighted by molar-refractivity contribution is 5.73. The van der Waals surface area contributed by atoms with Crippen molar-refractivity contribution in [3.8, 4) is 0 Å². The number of likely N-dealkylation sites (N-methyl/N-ethyl adjacent to an activating group) is 1. The zero-order chi connectivity index (χ0) is 9.14. The van der Waals surface area contributed by atoms with Crippen LogP contribution in [0.1, 0.15) is 13.3 Å². The van der Waals surface area contributed by atoms with Gasteiger partial charge in [0.25, 0.3) is 0 Å². The number of aliphatic hydroxyl groups excluding tert-OH is 1. The lowest BCUT2D eigenvalue weighted by molar-refractivity contribution is -0.121. The molecule has 4 nitrogen and oxygen atoms in total. The van der Waals surface area contributed by atoms with E-state index in [0.717, 1.165) is 13.0 Å². The van der Waals surface area contributed by atoms with Crippen molar-refractivity contribution >= 4 is 5.91 Å². The van der Waals surface area contributed by atoms with Crippen molar-refractivity contribution in [3.63, 3.8) is 0 Å². The van der Waals surface area contributed by atoms with Crippen molar-refractivity contribution in [1.82, 2.24) is 10.2 Å². The molecule has 0 aromatic rings. The van der Waals surface area contributed by atoms with Crippen molar-refractivity contribution in [2.24, 2.45) is 0 Å². The number of likely N-dealkylation sites (tertiary alicyclic amines) is 1. The highest BCUT2D eigenvalue weighted by atomic mass is 16.3. The Hall–Kier alpha value is -0.610. The molecule has 12 heavy (non-hydrogen) atoms. The van der Waals surface area contributed by atoms with E-state index in [1.165, 1.54) is 6.92 Å². The maximum atomic E-state index is 10.7. The Labute approximate surface area is 72.6 Å². The van der Waals surface area contributed by atoms with E-state index in [4.69, 9.17) is 0 Å². The molecule has 0 aromatic heterocycles. The number of hydrogen-bond donors (Lipinski definition) is 2. The largest absolute Gasteiger partial charge is 0.390 e. The molecule has 4 heteroatoms. The predicted molar refractivity (Wildman–Crippen MR) is 45.7 cm³/mol. The van der Waals surface area contributed by atoms with Gasteiger partial charge in [-0.15, -0.1) is 0 Å². The molecule has 0 aliphatic carbocycles. The van der Waals surface area contributed by atoms with Gasteiger partial charge in [-0.05, 0) is 20.0 Å². The van der Waals surface area contributed by atoms with Gasteiger partial charge in [0.05, 0.1) is 12.1 Å². The van der Waals surface area contributed by atoms with E-state index in [-0.39, 0.29) is 11.9 Å². The molecule has 1 aliphatic rings. The third-order valence-electron chi connectivity index (χ3n) is 2.17. The minimum atomic E-state index is -0.423. The molecule has 2 N–H and O–H groups in total. The minimum Gasteiger partial charge on any atom is -0.390 e. The molecule has 0 aromatic carbocycles. The van der Waals surface area contributed by atoms with Gasteiger partial charge >= 0.3 is 0 Å². The molecule has 0 spiro atoms. The van der Waals surface area contributed by atoms with Gasteiger partial charge in [-0.3, -0.25) is 4.79 Å². The zero-order valence-corrected chi connectivity index (χ0v) is 7.58. The summed E-state index contributed by atoms with van der Waals surface area (Å²) in [5.41, 5.74) is 0. The van der Waals surface area contributed by atoms with Crippen LogP contribution in [-0.2, 0) is 4.79 Å². The van der Waals surface area contributed by atoms with Crippen molar-refractivity contribution in [1.29, 1.82) is 0 Å². The fourth-order valence-corrected chi connectivity index (χ4v) is 1.52. The Morgan fingerprint density at radius 3 is 2.83 bits per heavy atom. The first kappa shape index (κ1) is 9.48. The van der Waals surface area contributed by atoms with Crippen LogP contribution in [0, 0.1) is 0 Å². The van der Waals surface area contributed by atoms with E-state index in [9.17, 15) is 9.90 Å². The Morgan fingerprint density at radius 1 is 1.67 bits per heavy atom.